The van der Waals surface area contributed by atoms with Gasteiger partial charge in [-0.05, 0) is 43.0 Å². The van der Waals surface area contributed by atoms with Crippen molar-refractivity contribution in [1.82, 2.24) is 14.9 Å². The van der Waals surface area contributed by atoms with Gasteiger partial charge in [0.2, 0.25) is 5.91 Å². The number of nitrogens with one attached hydrogen (secondary N) is 2. The average Bonchev–Trinajstić information content (AvgIpc) is 3.11. The smallest absolute Gasteiger partial charge is 0.325 e. The lowest BCUT2D eigenvalue weighted by Gasteiger charge is -2.09. The molecule has 3 rings (SSSR count). The number of carbonyl (C=O) groups is 3. The highest BCUT2D eigenvalue weighted by Gasteiger charge is 2.20. The highest BCUT2D eigenvalue weighted by Crippen LogP contribution is 2.26. The summed E-state index contributed by atoms with van der Waals surface area (Å²) in [5, 5.41) is 5.54. The van der Waals surface area contributed by atoms with Gasteiger partial charge in [0.25, 0.3) is 11.5 Å². The molecular weight excluding hydrogens is 444 g/mol. The number of hydrogen-bond acceptors (Lipinski definition) is 7. The molecule has 0 aliphatic rings. The van der Waals surface area contributed by atoms with Crippen molar-refractivity contribution in [2.75, 3.05) is 18.5 Å². The Morgan fingerprint density at radius 1 is 1.18 bits per heavy atom. The van der Waals surface area contributed by atoms with Gasteiger partial charge < -0.3 is 15.4 Å². The van der Waals surface area contributed by atoms with Crippen molar-refractivity contribution in [3.05, 3.63) is 57.0 Å². The summed E-state index contributed by atoms with van der Waals surface area (Å²) in [5.74, 6) is -1.01. The highest BCUT2D eigenvalue weighted by atomic mass is 32.1. The van der Waals surface area contributed by atoms with Gasteiger partial charge in [-0.25, -0.2) is 4.98 Å². The molecule has 1 aromatic carbocycles. The second-order valence-corrected chi connectivity index (χ2v) is 8.73. The Labute approximate surface area is 194 Å². The SMILES string of the molecule is CCOC(=O)CNC(=O)c1sc2ncn(CC(=O)Nc3ccc(C(C)C)cc3)c(=O)c2c1C. The van der Waals surface area contributed by atoms with E-state index in [1.54, 1.807) is 13.8 Å². The first-order valence-corrected chi connectivity index (χ1v) is 11.3. The van der Waals surface area contributed by atoms with Crippen LogP contribution < -0.4 is 16.2 Å². The first kappa shape index (κ1) is 24.1. The van der Waals surface area contributed by atoms with Crippen LogP contribution in [0.25, 0.3) is 10.2 Å². The molecule has 0 aliphatic heterocycles. The molecule has 0 saturated carbocycles. The van der Waals surface area contributed by atoms with Gasteiger partial charge in [0.1, 0.15) is 17.9 Å². The fourth-order valence-corrected chi connectivity index (χ4v) is 4.30. The third-order valence-corrected chi connectivity index (χ3v) is 6.20. The Kier molecular flexibility index (Phi) is 7.59. The Morgan fingerprint density at radius 2 is 1.88 bits per heavy atom. The maximum Gasteiger partial charge on any atom is 0.325 e. The summed E-state index contributed by atoms with van der Waals surface area (Å²) in [5.41, 5.74) is 1.84. The molecule has 3 aromatic rings. The Balaban J connectivity index is 1.75. The summed E-state index contributed by atoms with van der Waals surface area (Å²) in [6.45, 7) is 7.23. The minimum absolute atomic E-state index is 0.215. The summed E-state index contributed by atoms with van der Waals surface area (Å²) >= 11 is 1.06. The van der Waals surface area contributed by atoms with Crippen molar-refractivity contribution < 1.29 is 19.1 Å². The fraction of sp³-hybridized carbons (Fsp3) is 0.348. The molecule has 9 nitrogen and oxygen atoms in total. The van der Waals surface area contributed by atoms with Gasteiger partial charge in [-0.2, -0.15) is 0 Å². The minimum atomic E-state index is -0.546. The predicted octanol–water partition coefficient (Wildman–Crippen LogP) is 2.82. The summed E-state index contributed by atoms with van der Waals surface area (Å²) in [6.07, 6.45) is 1.29. The molecule has 10 heteroatoms. The van der Waals surface area contributed by atoms with Crippen molar-refractivity contribution >= 4 is 45.0 Å². The third-order valence-electron chi connectivity index (χ3n) is 5.00. The number of benzene rings is 1. The van der Waals surface area contributed by atoms with Crippen LogP contribution in [0.5, 0.6) is 0 Å². The molecule has 0 spiro atoms. The maximum atomic E-state index is 13.0. The van der Waals surface area contributed by atoms with Crippen LogP contribution in [0.1, 0.15) is 47.5 Å². The number of aromatic nitrogens is 2. The summed E-state index contributed by atoms with van der Waals surface area (Å²) in [6, 6.07) is 7.54. The number of aryl methyl sites for hydroxylation is 1. The van der Waals surface area contributed by atoms with Crippen LogP contribution in [0, 0.1) is 6.92 Å². The van der Waals surface area contributed by atoms with E-state index in [1.807, 2.05) is 24.3 Å². The summed E-state index contributed by atoms with van der Waals surface area (Å²) < 4.78 is 6.00. The van der Waals surface area contributed by atoms with E-state index in [9.17, 15) is 19.2 Å². The molecular formula is C23H26N4O5S. The van der Waals surface area contributed by atoms with Gasteiger partial charge in [0.05, 0.1) is 23.2 Å². The number of esters is 1. The van der Waals surface area contributed by atoms with Crippen LogP contribution in [-0.4, -0.2) is 40.5 Å². The summed E-state index contributed by atoms with van der Waals surface area (Å²) in [7, 11) is 0. The van der Waals surface area contributed by atoms with E-state index in [0.29, 0.717) is 22.0 Å². The summed E-state index contributed by atoms with van der Waals surface area (Å²) in [4.78, 5) is 54.4. The first-order valence-electron chi connectivity index (χ1n) is 10.5. The van der Waals surface area contributed by atoms with Crippen LogP contribution in [0.3, 0.4) is 0 Å². The number of amides is 2. The molecule has 0 radical (unpaired) electrons. The zero-order valence-corrected chi connectivity index (χ0v) is 19.7. The molecule has 0 atom stereocenters. The molecule has 33 heavy (non-hydrogen) atoms. The number of fused-ring (bicyclic) bond motifs is 1. The number of rotatable bonds is 8. The fourth-order valence-electron chi connectivity index (χ4n) is 3.24. The Bertz CT molecular complexity index is 1240. The van der Waals surface area contributed by atoms with Crippen molar-refractivity contribution in [2.24, 2.45) is 0 Å². The quantitative estimate of drug-likeness (QED) is 0.489. The van der Waals surface area contributed by atoms with Crippen molar-refractivity contribution in [2.45, 2.75) is 40.2 Å². The molecule has 174 valence electrons. The van der Waals surface area contributed by atoms with Crippen LogP contribution >= 0.6 is 11.3 Å². The molecule has 0 aliphatic carbocycles. The molecule has 2 aromatic heterocycles. The molecule has 2 N–H and O–H groups in total. The van der Waals surface area contributed by atoms with Crippen LogP contribution in [0.2, 0.25) is 0 Å². The lowest BCUT2D eigenvalue weighted by atomic mass is 10.0. The predicted molar refractivity (Wildman–Crippen MR) is 127 cm³/mol. The highest BCUT2D eigenvalue weighted by molar-refractivity contribution is 7.20. The molecule has 0 fully saturated rings. The van der Waals surface area contributed by atoms with Gasteiger partial charge in [-0.15, -0.1) is 11.3 Å². The van der Waals surface area contributed by atoms with E-state index in [-0.39, 0.29) is 35.9 Å². The zero-order chi connectivity index (χ0) is 24.1. The minimum Gasteiger partial charge on any atom is -0.465 e. The topological polar surface area (TPSA) is 119 Å². The van der Waals surface area contributed by atoms with E-state index in [0.717, 1.165) is 16.9 Å². The number of ether oxygens (including phenoxy) is 1. The maximum absolute atomic E-state index is 13.0. The number of anilines is 1. The van der Waals surface area contributed by atoms with Crippen LogP contribution in [0.15, 0.2) is 35.4 Å². The van der Waals surface area contributed by atoms with Crippen molar-refractivity contribution in [3.8, 4) is 0 Å². The van der Waals surface area contributed by atoms with E-state index >= 15 is 0 Å². The lowest BCUT2D eigenvalue weighted by Crippen LogP contribution is -2.30. The first-order chi connectivity index (χ1) is 15.7. The number of thiophene rings is 1. The third kappa shape index (κ3) is 5.64. The van der Waals surface area contributed by atoms with Gasteiger partial charge in [-0.3, -0.25) is 23.7 Å². The number of carbonyl (C=O) groups excluding carboxylic acids is 3. The average molecular weight is 471 g/mol. The van der Waals surface area contributed by atoms with Crippen LogP contribution in [0.4, 0.5) is 5.69 Å². The molecule has 0 bridgehead atoms. The second-order valence-electron chi connectivity index (χ2n) is 7.73. The van der Waals surface area contributed by atoms with E-state index in [4.69, 9.17) is 4.74 Å². The van der Waals surface area contributed by atoms with Crippen LogP contribution in [-0.2, 0) is 20.9 Å². The monoisotopic (exact) mass is 470 g/mol. The molecule has 0 saturated heterocycles. The second kappa shape index (κ2) is 10.4. The van der Waals surface area contributed by atoms with E-state index in [2.05, 4.69) is 29.5 Å². The lowest BCUT2D eigenvalue weighted by molar-refractivity contribution is -0.141. The normalized spacial score (nSPS) is 10.9. The number of hydrogen-bond donors (Lipinski definition) is 2. The van der Waals surface area contributed by atoms with Gasteiger partial charge in [0, 0.05) is 5.69 Å². The molecule has 2 heterocycles. The van der Waals surface area contributed by atoms with Gasteiger partial charge in [-0.1, -0.05) is 26.0 Å². The number of nitrogens with zero attached hydrogens (tertiary/aromatic N) is 2. The van der Waals surface area contributed by atoms with E-state index in [1.165, 1.54) is 10.9 Å². The van der Waals surface area contributed by atoms with Gasteiger partial charge >= 0.3 is 5.97 Å². The van der Waals surface area contributed by atoms with E-state index < -0.39 is 17.4 Å². The molecule has 0 unspecified atom stereocenters. The van der Waals surface area contributed by atoms with Crippen molar-refractivity contribution in [3.63, 3.8) is 0 Å². The zero-order valence-electron chi connectivity index (χ0n) is 18.9. The Hall–Kier alpha value is -3.53. The van der Waals surface area contributed by atoms with Crippen molar-refractivity contribution in [1.29, 1.82) is 0 Å². The Morgan fingerprint density at radius 3 is 2.52 bits per heavy atom. The van der Waals surface area contributed by atoms with Gasteiger partial charge in [0.15, 0.2) is 0 Å². The largest absolute Gasteiger partial charge is 0.465 e. The standard InChI is InChI=1S/C23H26N4O5S/c1-5-32-18(29)10-24-21(30)20-14(4)19-22(33-20)25-12-27(23(19)31)11-17(28)26-16-8-6-15(7-9-16)13(2)3/h6-9,12-13H,5,10-11H2,1-4H3,(H,24,30)(H,26,28). The molecule has 2 amide bonds.